The molecule has 118 valence electrons. The molecule has 0 amide bonds. The van der Waals surface area contributed by atoms with Crippen molar-refractivity contribution in [2.45, 2.75) is 58.0 Å². The third-order valence-electron chi connectivity index (χ3n) is 4.49. The number of piperidine rings is 1. The first-order valence-corrected chi connectivity index (χ1v) is 8.37. The van der Waals surface area contributed by atoms with E-state index in [1.54, 1.807) is 12.1 Å². The molecule has 1 aromatic carbocycles. The standard InChI is InChI=1S/C18H29FN2/c1-15(13-17-8-5-9-18(19)14-17)20-10-6-12-21-11-4-3-7-16(21)2/h5,8-9,14-16,20H,3-4,6-7,10-13H2,1-2H3. The van der Waals surface area contributed by atoms with Crippen LogP contribution in [-0.2, 0) is 6.42 Å². The minimum absolute atomic E-state index is 0.140. The van der Waals surface area contributed by atoms with Crippen LogP contribution in [0.2, 0.25) is 0 Å². The van der Waals surface area contributed by atoms with Gasteiger partial charge in [0.2, 0.25) is 0 Å². The molecule has 0 bridgehead atoms. The van der Waals surface area contributed by atoms with Crippen molar-refractivity contribution in [3.8, 4) is 0 Å². The number of benzene rings is 1. The van der Waals surface area contributed by atoms with Gasteiger partial charge in [-0.2, -0.15) is 0 Å². The van der Waals surface area contributed by atoms with Crippen molar-refractivity contribution in [2.75, 3.05) is 19.6 Å². The maximum atomic E-state index is 13.1. The van der Waals surface area contributed by atoms with Gasteiger partial charge in [0.05, 0.1) is 0 Å². The SMILES string of the molecule is CC(Cc1cccc(F)c1)NCCCN1CCCCC1C. The maximum absolute atomic E-state index is 13.1. The monoisotopic (exact) mass is 292 g/mol. The van der Waals surface area contributed by atoms with Crippen LogP contribution in [-0.4, -0.2) is 36.6 Å². The Bertz CT molecular complexity index is 421. The van der Waals surface area contributed by atoms with Gasteiger partial charge in [-0.15, -0.1) is 0 Å². The van der Waals surface area contributed by atoms with Gasteiger partial charge in [0.15, 0.2) is 0 Å². The van der Waals surface area contributed by atoms with E-state index >= 15 is 0 Å². The molecular formula is C18H29FN2. The highest BCUT2D eigenvalue weighted by molar-refractivity contribution is 5.17. The third-order valence-corrected chi connectivity index (χ3v) is 4.49. The van der Waals surface area contributed by atoms with Crippen LogP contribution in [0.3, 0.4) is 0 Å². The lowest BCUT2D eigenvalue weighted by atomic mass is 10.0. The molecule has 21 heavy (non-hydrogen) atoms. The van der Waals surface area contributed by atoms with Gasteiger partial charge in [-0.05, 0) is 76.9 Å². The second-order valence-electron chi connectivity index (χ2n) is 6.42. The maximum Gasteiger partial charge on any atom is 0.123 e. The van der Waals surface area contributed by atoms with Crippen molar-refractivity contribution in [3.05, 3.63) is 35.6 Å². The Morgan fingerprint density at radius 1 is 1.38 bits per heavy atom. The molecule has 0 saturated carbocycles. The van der Waals surface area contributed by atoms with Crippen molar-refractivity contribution < 1.29 is 4.39 Å². The molecular weight excluding hydrogens is 263 g/mol. The van der Waals surface area contributed by atoms with Crippen molar-refractivity contribution in [1.82, 2.24) is 10.2 Å². The van der Waals surface area contributed by atoms with Crippen LogP contribution in [0.1, 0.15) is 45.1 Å². The lowest BCUT2D eigenvalue weighted by molar-refractivity contribution is 0.158. The fourth-order valence-electron chi connectivity index (χ4n) is 3.21. The number of nitrogens with zero attached hydrogens (tertiary/aromatic N) is 1. The predicted octanol–water partition coefficient (Wildman–Crippen LogP) is 3.61. The average Bonchev–Trinajstić information content (AvgIpc) is 2.45. The van der Waals surface area contributed by atoms with Crippen molar-refractivity contribution in [1.29, 1.82) is 0 Å². The molecule has 2 atom stereocenters. The molecule has 0 aromatic heterocycles. The number of likely N-dealkylation sites (tertiary alicyclic amines) is 1. The van der Waals surface area contributed by atoms with Crippen LogP contribution in [0.5, 0.6) is 0 Å². The first kappa shape index (κ1) is 16.4. The fourth-order valence-corrected chi connectivity index (χ4v) is 3.21. The number of rotatable bonds is 7. The first-order valence-electron chi connectivity index (χ1n) is 8.37. The molecule has 2 nitrogen and oxygen atoms in total. The highest BCUT2D eigenvalue weighted by Crippen LogP contribution is 2.16. The number of hydrogen-bond acceptors (Lipinski definition) is 2. The van der Waals surface area contributed by atoms with Crippen LogP contribution >= 0.6 is 0 Å². The Labute approximate surface area is 128 Å². The van der Waals surface area contributed by atoms with Gasteiger partial charge in [0.1, 0.15) is 5.82 Å². The molecule has 1 heterocycles. The van der Waals surface area contributed by atoms with E-state index in [-0.39, 0.29) is 5.82 Å². The van der Waals surface area contributed by atoms with Crippen LogP contribution in [0.25, 0.3) is 0 Å². The Hall–Kier alpha value is -0.930. The summed E-state index contributed by atoms with van der Waals surface area (Å²) in [6.45, 7) is 8.02. The molecule has 2 rings (SSSR count). The van der Waals surface area contributed by atoms with Crippen molar-refractivity contribution in [3.63, 3.8) is 0 Å². The van der Waals surface area contributed by atoms with Gasteiger partial charge in [0, 0.05) is 12.1 Å². The van der Waals surface area contributed by atoms with E-state index in [0.29, 0.717) is 6.04 Å². The Balaban J connectivity index is 1.62. The van der Waals surface area contributed by atoms with Gasteiger partial charge in [-0.1, -0.05) is 18.6 Å². The lowest BCUT2D eigenvalue weighted by Gasteiger charge is -2.33. The number of halogens is 1. The van der Waals surface area contributed by atoms with E-state index in [0.717, 1.165) is 24.6 Å². The molecule has 1 N–H and O–H groups in total. The van der Waals surface area contributed by atoms with Gasteiger partial charge in [0.25, 0.3) is 0 Å². The molecule has 0 spiro atoms. The number of nitrogens with one attached hydrogen (secondary N) is 1. The fraction of sp³-hybridized carbons (Fsp3) is 0.667. The first-order chi connectivity index (χ1) is 10.1. The van der Waals surface area contributed by atoms with E-state index in [4.69, 9.17) is 0 Å². The quantitative estimate of drug-likeness (QED) is 0.772. The summed E-state index contributed by atoms with van der Waals surface area (Å²) in [6.07, 6.45) is 6.17. The predicted molar refractivity (Wildman–Crippen MR) is 87.1 cm³/mol. The van der Waals surface area contributed by atoms with E-state index in [1.165, 1.54) is 44.8 Å². The molecule has 2 unspecified atom stereocenters. The highest BCUT2D eigenvalue weighted by Gasteiger charge is 2.17. The highest BCUT2D eigenvalue weighted by atomic mass is 19.1. The summed E-state index contributed by atoms with van der Waals surface area (Å²) in [5, 5.41) is 3.56. The van der Waals surface area contributed by atoms with Gasteiger partial charge in [-0.25, -0.2) is 4.39 Å². The zero-order valence-electron chi connectivity index (χ0n) is 13.4. The summed E-state index contributed by atoms with van der Waals surface area (Å²) in [5.41, 5.74) is 1.07. The summed E-state index contributed by atoms with van der Waals surface area (Å²) in [4.78, 5) is 2.61. The molecule has 1 aliphatic heterocycles. The summed E-state index contributed by atoms with van der Waals surface area (Å²) < 4.78 is 13.1. The van der Waals surface area contributed by atoms with Gasteiger partial charge in [-0.3, -0.25) is 0 Å². The molecule has 1 saturated heterocycles. The normalized spacial score (nSPS) is 21.4. The number of hydrogen-bond donors (Lipinski definition) is 1. The molecule has 1 aliphatic rings. The molecule has 3 heteroatoms. The molecule has 1 fully saturated rings. The van der Waals surface area contributed by atoms with E-state index < -0.39 is 0 Å². The smallest absolute Gasteiger partial charge is 0.123 e. The van der Waals surface area contributed by atoms with Crippen molar-refractivity contribution >= 4 is 0 Å². The summed E-state index contributed by atoms with van der Waals surface area (Å²) in [5.74, 6) is -0.140. The second kappa shape index (κ2) is 8.50. The minimum Gasteiger partial charge on any atom is -0.314 e. The molecule has 0 aliphatic carbocycles. The summed E-state index contributed by atoms with van der Waals surface area (Å²) in [6, 6.07) is 8.06. The van der Waals surface area contributed by atoms with Crippen LogP contribution < -0.4 is 5.32 Å². The second-order valence-corrected chi connectivity index (χ2v) is 6.42. The largest absolute Gasteiger partial charge is 0.314 e. The van der Waals surface area contributed by atoms with Crippen LogP contribution in [0, 0.1) is 5.82 Å². The average molecular weight is 292 g/mol. The zero-order valence-corrected chi connectivity index (χ0v) is 13.4. The summed E-state index contributed by atoms with van der Waals surface area (Å²) in [7, 11) is 0. The van der Waals surface area contributed by atoms with E-state index in [1.807, 2.05) is 6.07 Å². The molecule has 0 radical (unpaired) electrons. The summed E-state index contributed by atoms with van der Waals surface area (Å²) >= 11 is 0. The lowest BCUT2D eigenvalue weighted by Crippen LogP contribution is -2.39. The van der Waals surface area contributed by atoms with Gasteiger partial charge < -0.3 is 10.2 Å². The molecule has 1 aromatic rings. The van der Waals surface area contributed by atoms with Gasteiger partial charge >= 0.3 is 0 Å². The van der Waals surface area contributed by atoms with E-state index in [2.05, 4.69) is 24.1 Å². The van der Waals surface area contributed by atoms with Crippen LogP contribution in [0.15, 0.2) is 24.3 Å². The Morgan fingerprint density at radius 2 is 2.24 bits per heavy atom. The Kier molecular flexibility index (Phi) is 6.65. The van der Waals surface area contributed by atoms with Crippen LogP contribution in [0.4, 0.5) is 4.39 Å². The van der Waals surface area contributed by atoms with E-state index in [9.17, 15) is 4.39 Å². The minimum atomic E-state index is -0.140. The topological polar surface area (TPSA) is 15.3 Å². The van der Waals surface area contributed by atoms with Crippen molar-refractivity contribution in [2.24, 2.45) is 0 Å². The Morgan fingerprint density at radius 3 is 3.00 bits per heavy atom. The zero-order chi connectivity index (χ0) is 15.1. The third kappa shape index (κ3) is 5.76.